The molecule has 0 radical (unpaired) electrons. The lowest BCUT2D eigenvalue weighted by atomic mass is 10.1. The van der Waals surface area contributed by atoms with Gasteiger partial charge < -0.3 is 0 Å². The van der Waals surface area contributed by atoms with Gasteiger partial charge in [0.25, 0.3) is 0 Å². The molecule has 0 spiro atoms. The Kier molecular flexibility index (Phi) is 5.10. The van der Waals surface area contributed by atoms with Gasteiger partial charge in [0.2, 0.25) is 5.91 Å². The molecule has 1 saturated heterocycles. The molecule has 2 aromatic heterocycles. The number of benzene rings is 1. The third-order valence-corrected chi connectivity index (χ3v) is 7.14. The maximum absolute atomic E-state index is 12.2. The number of sulfone groups is 1. The molecule has 0 aliphatic carbocycles. The molecule has 1 aromatic carbocycles. The van der Waals surface area contributed by atoms with E-state index in [4.69, 9.17) is 0 Å². The van der Waals surface area contributed by atoms with Crippen molar-refractivity contribution in [2.45, 2.75) is 6.42 Å². The van der Waals surface area contributed by atoms with E-state index in [2.05, 4.69) is 15.6 Å². The Labute approximate surface area is 166 Å². The number of thiophene rings is 1. The molecule has 7 nitrogen and oxygen atoms in total. The van der Waals surface area contributed by atoms with Gasteiger partial charge in [0.05, 0.1) is 34.2 Å². The number of hydrogen-bond acceptors (Lipinski definition) is 6. The lowest BCUT2D eigenvalue weighted by Crippen LogP contribution is -2.27. The molecule has 1 fully saturated rings. The van der Waals surface area contributed by atoms with Gasteiger partial charge in [-0.15, -0.1) is 11.3 Å². The molecule has 0 saturated carbocycles. The Hall–Kier alpha value is -2.78. The Balaban J connectivity index is 1.56. The van der Waals surface area contributed by atoms with Gasteiger partial charge in [-0.25, -0.2) is 18.5 Å². The minimum atomic E-state index is -3.11. The second-order valence-electron chi connectivity index (χ2n) is 6.52. The van der Waals surface area contributed by atoms with Crippen LogP contribution < -0.4 is 5.43 Å². The Morgan fingerprint density at radius 3 is 2.75 bits per heavy atom. The van der Waals surface area contributed by atoms with E-state index in [0.717, 1.165) is 21.8 Å². The normalized spacial score (nSPS) is 18.5. The fraction of sp³-hybridized carbons (Fsp3) is 0.211. The first-order chi connectivity index (χ1) is 13.5. The van der Waals surface area contributed by atoms with Crippen LogP contribution in [0.15, 0.2) is 59.1 Å². The van der Waals surface area contributed by atoms with Crippen LogP contribution >= 0.6 is 11.3 Å². The number of hydrogen-bond donors (Lipinski definition) is 1. The third kappa shape index (κ3) is 4.05. The zero-order valence-electron chi connectivity index (χ0n) is 14.9. The van der Waals surface area contributed by atoms with E-state index >= 15 is 0 Å². The standard InChI is InChI=1S/C19H18N4O3S2/c24-19(14-8-10-28(25,26)13-14)21-20-11-15-12-23(16-5-2-1-3-6-16)22-18(15)17-7-4-9-27-17/h1-7,9,11-12,14H,8,10,13H2,(H,21,24)/b20-11-/t14-/m0/s1. The second kappa shape index (κ2) is 7.69. The highest BCUT2D eigenvalue weighted by atomic mass is 32.2. The number of nitrogens with zero attached hydrogens (tertiary/aromatic N) is 3. The molecule has 1 atom stereocenters. The van der Waals surface area contributed by atoms with E-state index < -0.39 is 15.8 Å². The number of para-hydroxylation sites is 1. The van der Waals surface area contributed by atoms with E-state index in [1.165, 1.54) is 0 Å². The summed E-state index contributed by atoms with van der Waals surface area (Å²) in [6.07, 6.45) is 3.74. The fourth-order valence-electron chi connectivity index (χ4n) is 3.06. The summed E-state index contributed by atoms with van der Waals surface area (Å²) in [7, 11) is -3.11. The number of carbonyl (C=O) groups excluding carboxylic acids is 1. The summed E-state index contributed by atoms with van der Waals surface area (Å²) >= 11 is 1.57. The molecule has 144 valence electrons. The minimum Gasteiger partial charge on any atom is -0.273 e. The van der Waals surface area contributed by atoms with Crippen LogP contribution in [0.25, 0.3) is 16.3 Å². The van der Waals surface area contributed by atoms with Crippen LogP contribution in [0.3, 0.4) is 0 Å². The Morgan fingerprint density at radius 1 is 1.25 bits per heavy atom. The van der Waals surface area contributed by atoms with E-state index in [9.17, 15) is 13.2 Å². The Morgan fingerprint density at radius 2 is 2.07 bits per heavy atom. The SMILES string of the molecule is O=C(N/N=C\c1cn(-c2ccccc2)nc1-c1cccs1)[C@H]1CCS(=O)(=O)C1. The zero-order chi connectivity index (χ0) is 19.6. The molecule has 1 aliphatic rings. The van der Waals surface area contributed by atoms with Crippen molar-refractivity contribution in [2.24, 2.45) is 11.0 Å². The van der Waals surface area contributed by atoms with Crippen molar-refractivity contribution in [3.05, 3.63) is 59.6 Å². The maximum Gasteiger partial charge on any atom is 0.244 e. The summed E-state index contributed by atoms with van der Waals surface area (Å²) in [6.45, 7) is 0. The van der Waals surface area contributed by atoms with Crippen LogP contribution in [-0.4, -0.2) is 41.8 Å². The van der Waals surface area contributed by atoms with Gasteiger partial charge in [0.1, 0.15) is 5.69 Å². The molecule has 3 heterocycles. The molecular weight excluding hydrogens is 396 g/mol. The molecule has 3 aromatic rings. The number of aromatic nitrogens is 2. The van der Waals surface area contributed by atoms with Crippen LogP contribution in [0.5, 0.6) is 0 Å². The lowest BCUT2D eigenvalue weighted by Gasteiger charge is -2.04. The minimum absolute atomic E-state index is 0.0567. The van der Waals surface area contributed by atoms with Gasteiger partial charge in [0, 0.05) is 11.8 Å². The monoisotopic (exact) mass is 414 g/mol. The molecule has 0 bridgehead atoms. The first-order valence-electron chi connectivity index (χ1n) is 8.74. The molecule has 28 heavy (non-hydrogen) atoms. The van der Waals surface area contributed by atoms with E-state index in [-0.39, 0.29) is 17.4 Å². The molecule has 1 N–H and O–H groups in total. The summed E-state index contributed by atoms with van der Waals surface area (Å²) in [5, 5.41) is 10.7. The van der Waals surface area contributed by atoms with Crippen LogP contribution in [-0.2, 0) is 14.6 Å². The third-order valence-electron chi connectivity index (χ3n) is 4.50. The topological polar surface area (TPSA) is 93.4 Å². The number of nitrogens with one attached hydrogen (secondary N) is 1. The summed E-state index contributed by atoms with van der Waals surface area (Å²) in [4.78, 5) is 13.1. The van der Waals surface area contributed by atoms with E-state index in [0.29, 0.717) is 6.42 Å². The zero-order valence-corrected chi connectivity index (χ0v) is 16.5. The highest BCUT2D eigenvalue weighted by molar-refractivity contribution is 7.91. The quantitative estimate of drug-likeness (QED) is 0.513. The van der Waals surface area contributed by atoms with Gasteiger partial charge >= 0.3 is 0 Å². The van der Waals surface area contributed by atoms with Crippen LogP contribution in [0.1, 0.15) is 12.0 Å². The number of carbonyl (C=O) groups is 1. The number of hydrazone groups is 1. The average molecular weight is 415 g/mol. The van der Waals surface area contributed by atoms with Crippen molar-refractivity contribution in [2.75, 3.05) is 11.5 Å². The van der Waals surface area contributed by atoms with Gasteiger partial charge in [-0.1, -0.05) is 24.3 Å². The molecular formula is C19H18N4O3S2. The maximum atomic E-state index is 12.2. The van der Waals surface area contributed by atoms with Crippen molar-refractivity contribution in [3.8, 4) is 16.3 Å². The second-order valence-corrected chi connectivity index (χ2v) is 9.70. The van der Waals surface area contributed by atoms with Crippen molar-refractivity contribution in [1.82, 2.24) is 15.2 Å². The van der Waals surface area contributed by atoms with Gasteiger partial charge in [-0.2, -0.15) is 10.2 Å². The first-order valence-corrected chi connectivity index (χ1v) is 11.4. The molecule has 9 heteroatoms. The summed E-state index contributed by atoms with van der Waals surface area (Å²) in [5.41, 5.74) is 4.90. The molecule has 1 aliphatic heterocycles. The fourth-order valence-corrected chi connectivity index (χ4v) is 5.53. The van der Waals surface area contributed by atoms with Crippen LogP contribution in [0, 0.1) is 5.92 Å². The molecule has 4 rings (SSSR count). The summed E-state index contributed by atoms with van der Waals surface area (Å²) in [5.74, 6) is -0.960. The van der Waals surface area contributed by atoms with Crippen molar-refractivity contribution in [3.63, 3.8) is 0 Å². The summed E-state index contributed by atoms with van der Waals surface area (Å²) in [6, 6.07) is 13.6. The predicted octanol–water partition coefficient (Wildman–Crippen LogP) is 2.49. The van der Waals surface area contributed by atoms with E-state index in [1.807, 2.05) is 54.0 Å². The highest BCUT2D eigenvalue weighted by Crippen LogP contribution is 2.27. The molecule has 0 unspecified atom stereocenters. The molecule has 1 amide bonds. The smallest absolute Gasteiger partial charge is 0.244 e. The summed E-state index contributed by atoms with van der Waals surface area (Å²) < 4.78 is 24.8. The van der Waals surface area contributed by atoms with Gasteiger partial charge in [0.15, 0.2) is 9.84 Å². The van der Waals surface area contributed by atoms with E-state index in [1.54, 1.807) is 22.2 Å². The Bertz CT molecular complexity index is 1100. The lowest BCUT2D eigenvalue weighted by molar-refractivity contribution is -0.124. The van der Waals surface area contributed by atoms with Crippen LogP contribution in [0.2, 0.25) is 0 Å². The van der Waals surface area contributed by atoms with Gasteiger partial charge in [-0.05, 0) is 30.0 Å². The predicted molar refractivity (Wildman–Crippen MR) is 109 cm³/mol. The van der Waals surface area contributed by atoms with Crippen LogP contribution in [0.4, 0.5) is 0 Å². The van der Waals surface area contributed by atoms with Crippen molar-refractivity contribution in [1.29, 1.82) is 0 Å². The average Bonchev–Trinajstić information content (AvgIpc) is 3.41. The number of amides is 1. The highest BCUT2D eigenvalue weighted by Gasteiger charge is 2.32. The van der Waals surface area contributed by atoms with Crippen molar-refractivity contribution >= 4 is 33.3 Å². The van der Waals surface area contributed by atoms with Crippen molar-refractivity contribution < 1.29 is 13.2 Å². The number of rotatable bonds is 5. The largest absolute Gasteiger partial charge is 0.273 e. The van der Waals surface area contributed by atoms with Gasteiger partial charge in [-0.3, -0.25) is 4.79 Å². The first kappa shape index (κ1) is 18.6.